The van der Waals surface area contributed by atoms with Gasteiger partial charge in [0.15, 0.2) is 0 Å². The molecule has 33 heavy (non-hydrogen) atoms. The van der Waals surface area contributed by atoms with Gasteiger partial charge in [-0.25, -0.2) is 0 Å². The Labute approximate surface area is 197 Å². The van der Waals surface area contributed by atoms with E-state index in [2.05, 4.69) is 52.1 Å². The van der Waals surface area contributed by atoms with E-state index in [-0.39, 0.29) is 11.3 Å². The fourth-order valence-electron chi connectivity index (χ4n) is 3.50. The maximum absolute atomic E-state index is 12.9. The molecule has 0 aliphatic heterocycles. The molecule has 0 saturated carbocycles. The number of nitrogens with one attached hydrogen (secondary N) is 1. The highest BCUT2D eigenvalue weighted by atomic mass is 16.5. The van der Waals surface area contributed by atoms with Crippen molar-refractivity contribution in [1.82, 2.24) is 0 Å². The first-order chi connectivity index (χ1) is 15.7. The van der Waals surface area contributed by atoms with Crippen LogP contribution in [0.5, 0.6) is 11.5 Å². The summed E-state index contributed by atoms with van der Waals surface area (Å²) in [5.41, 5.74) is 4.76. The highest BCUT2D eigenvalue weighted by Crippen LogP contribution is 2.27. The maximum atomic E-state index is 12.9. The van der Waals surface area contributed by atoms with E-state index in [4.69, 9.17) is 9.47 Å². The van der Waals surface area contributed by atoms with Crippen LogP contribution in [0.1, 0.15) is 74.5 Å². The Morgan fingerprint density at radius 3 is 2.15 bits per heavy atom. The predicted octanol–water partition coefficient (Wildman–Crippen LogP) is 7.34. The normalized spacial score (nSPS) is 11.4. The van der Waals surface area contributed by atoms with Crippen molar-refractivity contribution in [2.75, 3.05) is 11.9 Å². The monoisotopic (exact) mass is 445 g/mol. The second-order valence-corrected chi connectivity index (χ2v) is 9.55. The molecule has 0 atom stereocenters. The van der Waals surface area contributed by atoms with Gasteiger partial charge in [0.1, 0.15) is 18.1 Å². The average molecular weight is 446 g/mol. The van der Waals surface area contributed by atoms with Crippen LogP contribution >= 0.6 is 0 Å². The molecule has 0 aromatic heterocycles. The zero-order valence-corrected chi connectivity index (χ0v) is 20.6. The van der Waals surface area contributed by atoms with Crippen molar-refractivity contribution < 1.29 is 14.3 Å². The maximum Gasteiger partial charge on any atom is 0.255 e. The zero-order chi connectivity index (χ0) is 24.0. The number of hydrogen-bond donors (Lipinski definition) is 1. The Bertz CT molecular complexity index is 1060. The summed E-state index contributed by atoms with van der Waals surface area (Å²) in [4.78, 5) is 12.9. The molecular formula is C29H35NO3. The van der Waals surface area contributed by atoms with Crippen LogP contribution in [0.3, 0.4) is 0 Å². The van der Waals surface area contributed by atoms with Crippen LogP contribution in [0.4, 0.5) is 5.69 Å². The van der Waals surface area contributed by atoms with Gasteiger partial charge in [0.05, 0.1) is 6.61 Å². The molecule has 4 nitrogen and oxygen atoms in total. The standard InChI is InChI=1S/C29H35NO3/c1-7-32-27-17-10-22(28(31)30-25-13-8-21(9-14-25)20(2)3)18-23(27)19-33-26-15-11-24(12-16-26)29(4,5)6/h8-18,20H,7,19H2,1-6H3,(H,30,31). The van der Waals surface area contributed by atoms with E-state index in [1.807, 2.05) is 55.5 Å². The molecule has 0 aliphatic rings. The third-order valence-electron chi connectivity index (χ3n) is 5.57. The molecule has 0 fully saturated rings. The molecule has 0 spiro atoms. The smallest absolute Gasteiger partial charge is 0.255 e. The molecule has 4 heteroatoms. The number of carbonyl (C=O) groups is 1. The number of rotatable bonds is 8. The predicted molar refractivity (Wildman–Crippen MR) is 136 cm³/mol. The molecule has 174 valence electrons. The summed E-state index contributed by atoms with van der Waals surface area (Å²) >= 11 is 0. The van der Waals surface area contributed by atoms with E-state index in [0.29, 0.717) is 24.7 Å². The highest BCUT2D eigenvalue weighted by molar-refractivity contribution is 6.04. The lowest BCUT2D eigenvalue weighted by molar-refractivity contribution is 0.102. The number of ether oxygens (including phenoxy) is 2. The van der Waals surface area contributed by atoms with Crippen molar-refractivity contribution in [3.05, 3.63) is 89.0 Å². The van der Waals surface area contributed by atoms with Crippen LogP contribution in [0, 0.1) is 0 Å². The molecule has 0 bridgehead atoms. The van der Waals surface area contributed by atoms with E-state index in [0.717, 1.165) is 22.7 Å². The third-order valence-corrected chi connectivity index (χ3v) is 5.57. The largest absolute Gasteiger partial charge is 0.493 e. The SMILES string of the molecule is CCOc1ccc(C(=O)Nc2ccc(C(C)C)cc2)cc1COc1ccc(C(C)(C)C)cc1. The molecule has 0 unspecified atom stereocenters. The van der Waals surface area contributed by atoms with Crippen LogP contribution in [-0.4, -0.2) is 12.5 Å². The van der Waals surface area contributed by atoms with Crippen molar-refractivity contribution in [2.45, 2.75) is 59.5 Å². The molecule has 0 aliphatic carbocycles. The van der Waals surface area contributed by atoms with E-state index in [1.54, 1.807) is 6.07 Å². The van der Waals surface area contributed by atoms with Gasteiger partial charge in [0.2, 0.25) is 0 Å². The average Bonchev–Trinajstić information content (AvgIpc) is 2.78. The van der Waals surface area contributed by atoms with Gasteiger partial charge in [-0.2, -0.15) is 0 Å². The topological polar surface area (TPSA) is 47.6 Å². The molecule has 3 aromatic rings. The Kier molecular flexibility index (Phi) is 7.80. The van der Waals surface area contributed by atoms with Gasteiger partial charge in [-0.1, -0.05) is 58.9 Å². The summed E-state index contributed by atoms with van der Waals surface area (Å²) in [5.74, 6) is 1.80. The van der Waals surface area contributed by atoms with Crippen LogP contribution in [-0.2, 0) is 12.0 Å². The minimum atomic E-state index is -0.161. The highest BCUT2D eigenvalue weighted by Gasteiger charge is 2.14. The fraction of sp³-hybridized carbons (Fsp3) is 0.345. The van der Waals surface area contributed by atoms with E-state index in [9.17, 15) is 4.79 Å². The van der Waals surface area contributed by atoms with Gasteiger partial charge in [0.25, 0.3) is 5.91 Å². The van der Waals surface area contributed by atoms with Crippen molar-refractivity contribution in [1.29, 1.82) is 0 Å². The van der Waals surface area contributed by atoms with E-state index < -0.39 is 0 Å². The van der Waals surface area contributed by atoms with Crippen molar-refractivity contribution in [3.8, 4) is 11.5 Å². The molecule has 3 rings (SSSR count). The summed E-state index contributed by atoms with van der Waals surface area (Å²) in [6.45, 7) is 13.7. The number of benzene rings is 3. The summed E-state index contributed by atoms with van der Waals surface area (Å²) in [6, 6.07) is 21.6. The lowest BCUT2D eigenvalue weighted by atomic mass is 9.87. The minimum Gasteiger partial charge on any atom is -0.493 e. The quantitative estimate of drug-likeness (QED) is 0.395. The molecule has 3 aromatic carbocycles. The summed E-state index contributed by atoms with van der Waals surface area (Å²) < 4.78 is 11.8. The third kappa shape index (κ3) is 6.61. The van der Waals surface area contributed by atoms with Gasteiger partial charge in [-0.15, -0.1) is 0 Å². The van der Waals surface area contributed by atoms with Crippen LogP contribution in [0.15, 0.2) is 66.7 Å². The first-order valence-corrected chi connectivity index (χ1v) is 11.6. The van der Waals surface area contributed by atoms with Gasteiger partial charge in [-0.05, 0) is 71.8 Å². The lowest BCUT2D eigenvalue weighted by Gasteiger charge is -2.19. The lowest BCUT2D eigenvalue weighted by Crippen LogP contribution is -2.13. The van der Waals surface area contributed by atoms with Gasteiger partial charge in [0, 0.05) is 16.8 Å². The van der Waals surface area contributed by atoms with E-state index in [1.165, 1.54) is 11.1 Å². The number of amides is 1. The van der Waals surface area contributed by atoms with Gasteiger partial charge < -0.3 is 14.8 Å². The van der Waals surface area contributed by atoms with Crippen LogP contribution < -0.4 is 14.8 Å². The zero-order valence-electron chi connectivity index (χ0n) is 20.6. The molecule has 0 saturated heterocycles. The summed E-state index contributed by atoms with van der Waals surface area (Å²) in [5, 5.41) is 2.98. The molecule has 0 radical (unpaired) electrons. The summed E-state index contributed by atoms with van der Waals surface area (Å²) in [7, 11) is 0. The Morgan fingerprint density at radius 1 is 0.909 bits per heavy atom. The number of carbonyl (C=O) groups excluding carboxylic acids is 1. The van der Waals surface area contributed by atoms with Gasteiger partial charge in [-0.3, -0.25) is 4.79 Å². The van der Waals surface area contributed by atoms with Crippen molar-refractivity contribution >= 4 is 11.6 Å². The molecular weight excluding hydrogens is 410 g/mol. The first-order valence-electron chi connectivity index (χ1n) is 11.6. The summed E-state index contributed by atoms with van der Waals surface area (Å²) in [6.07, 6.45) is 0. The van der Waals surface area contributed by atoms with Gasteiger partial charge >= 0.3 is 0 Å². The minimum absolute atomic E-state index is 0.0947. The van der Waals surface area contributed by atoms with Crippen LogP contribution in [0.25, 0.3) is 0 Å². The number of anilines is 1. The second-order valence-electron chi connectivity index (χ2n) is 9.55. The number of hydrogen-bond acceptors (Lipinski definition) is 3. The Morgan fingerprint density at radius 2 is 1.58 bits per heavy atom. The molecule has 1 amide bonds. The second kappa shape index (κ2) is 10.6. The Balaban J connectivity index is 1.73. The van der Waals surface area contributed by atoms with Crippen molar-refractivity contribution in [2.24, 2.45) is 0 Å². The van der Waals surface area contributed by atoms with Crippen molar-refractivity contribution in [3.63, 3.8) is 0 Å². The molecule has 1 N–H and O–H groups in total. The van der Waals surface area contributed by atoms with Crippen LogP contribution in [0.2, 0.25) is 0 Å². The fourth-order valence-corrected chi connectivity index (χ4v) is 3.50. The Hall–Kier alpha value is -3.27. The molecule has 0 heterocycles. The van der Waals surface area contributed by atoms with E-state index >= 15 is 0 Å². The first kappa shape index (κ1) is 24.4.